The Balaban J connectivity index is 2.57. The van der Waals surface area contributed by atoms with Crippen molar-refractivity contribution in [2.75, 3.05) is 6.54 Å². The minimum absolute atomic E-state index is 0.412. The lowest BCUT2D eigenvalue weighted by Crippen LogP contribution is -2.20. The molecule has 0 aliphatic heterocycles. The number of allylic oxidation sites excluding steroid dienone is 1. The molecule has 0 fully saturated rings. The van der Waals surface area contributed by atoms with Crippen molar-refractivity contribution in [1.82, 2.24) is 14.9 Å². The summed E-state index contributed by atoms with van der Waals surface area (Å²) in [6.45, 7) is 8.88. The molecule has 3 nitrogen and oxygen atoms in total. The van der Waals surface area contributed by atoms with Crippen LogP contribution in [0.3, 0.4) is 0 Å². The lowest BCUT2D eigenvalue weighted by atomic mass is 10.1. The Bertz CT molecular complexity index is 296. The molecule has 0 aliphatic carbocycles. The highest BCUT2D eigenvalue weighted by Gasteiger charge is 2.15. The molecular formula is C11H19N3S. The van der Waals surface area contributed by atoms with Gasteiger partial charge in [0, 0.05) is 6.04 Å². The normalized spacial score (nSPS) is 12.7. The summed E-state index contributed by atoms with van der Waals surface area (Å²) in [4.78, 5) is 1.28. The molecule has 1 heterocycles. The zero-order valence-electron chi connectivity index (χ0n) is 9.49. The average molecular weight is 225 g/mol. The first kappa shape index (κ1) is 12.3. The van der Waals surface area contributed by atoms with E-state index in [1.807, 2.05) is 13.0 Å². The van der Waals surface area contributed by atoms with Crippen molar-refractivity contribution in [3.05, 3.63) is 23.2 Å². The first-order valence-electron chi connectivity index (χ1n) is 5.42. The van der Waals surface area contributed by atoms with Gasteiger partial charge in [0.2, 0.25) is 0 Å². The quantitative estimate of drug-likeness (QED) is 0.573. The molecule has 0 spiro atoms. The van der Waals surface area contributed by atoms with E-state index in [1.165, 1.54) is 22.8 Å². The SMILES string of the molecule is C=CCCCC(NCC)c1snnc1C. The molecule has 0 amide bonds. The molecule has 15 heavy (non-hydrogen) atoms. The zero-order valence-corrected chi connectivity index (χ0v) is 10.3. The molecular weight excluding hydrogens is 206 g/mol. The molecule has 4 heteroatoms. The predicted molar refractivity (Wildman–Crippen MR) is 65.1 cm³/mol. The summed E-state index contributed by atoms with van der Waals surface area (Å²) >= 11 is 1.51. The lowest BCUT2D eigenvalue weighted by Gasteiger charge is -2.15. The van der Waals surface area contributed by atoms with Crippen LogP contribution in [-0.4, -0.2) is 16.1 Å². The van der Waals surface area contributed by atoms with Gasteiger partial charge < -0.3 is 5.32 Å². The standard InChI is InChI=1S/C11H19N3S/c1-4-6-7-8-10(12-5-2)11-9(3)13-14-15-11/h4,10,12H,1,5-8H2,2-3H3. The van der Waals surface area contributed by atoms with E-state index in [9.17, 15) is 0 Å². The van der Waals surface area contributed by atoms with Crippen molar-refractivity contribution in [1.29, 1.82) is 0 Å². The average Bonchev–Trinajstić information content (AvgIpc) is 2.64. The van der Waals surface area contributed by atoms with E-state index in [0.29, 0.717) is 6.04 Å². The number of unbranched alkanes of at least 4 members (excludes halogenated alkanes) is 1. The molecule has 0 saturated carbocycles. The van der Waals surface area contributed by atoms with Gasteiger partial charge in [0.15, 0.2) is 0 Å². The van der Waals surface area contributed by atoms with Crippen LogP contribution in [0.25, 0.3) is 0 Å². The molecule has 0 saturated heterocycles. The Morgan fingerprint density at radius 1 is 1.60 bits per heavy atom. The third kappa shape index (κ3) is 3.72. The Labute approximate surface area is 95.8 Å². The van der Waals surface area contributed by atoms with Crippen LogP contribution in [0.4, 0.5) is 0 Å². The third-order valence-electron chi connectivity index (χ3n) is 2.35. The van der Waals surface area contributed by atoms with Crippen LogP contribution in [0.5, 0.6) is 0 Å². The van der Waals surface area contributed by atoms with Crippen molar-refractivity contribution in [2.24, 2.45) is 0 Å². The van der Waals surface area contributed by atoms with E-state index >= 15 is 0 Å². The number of hydrogen-bond acceptors (Lipinski definition) is 4. The van der Waals surface area contributed by atoms with Crippen LogP contribution < -0.4 is 5.32 Å². The summed E-state index contributed by atoms with van der Waals surface area (Å²) in [6.07, 6.45) is 5.34. The molecule has 1 aromatic heterocycles. The summed E-state index contributed by atoms with van der Waals surface area (Å²) in [5.41, 5.74) is 1.06. The van der Waals surface area contributed by atoms with Gasteiger partial charge in [0.1, 0.15) is 0 Å². The van der Waals surface area contributed by atoms with E-state index in [4.69, 9.17) is 0 Å². The second-order valence-electron chi connectivity index (χ2n) is 3.55. The maximum atomic E-state index is 4.06. The van der Waals surface area contributed by atoms with Crippen molar-refractivity contribution in [3.63, 3.8) is 0 Å². The maximum Gasteiger partial charge on any atom is 0.0772 e. The monoisotopic (exact) mass is 225 g/mol. The largest absolute Gasteiger partial charge is 0.309 e. The molecule has 1 unspecified atom stereocenters. The molecule has 1 N–H and O–H groups in total. The molecule has 1 atom stereocenters. The highest BCUT2D eigenvalue weighted by molar-refractivity contribution is 7.05. The van der Waals surface area contributed by atoms with Crippen LogP contribution in [0.1, 0.15) is 42.8 Å². The fourth-order valence-corrected chi connectivity index (χ4v) is 2.35. The van der Waals surface area contributed by atoms with Crippen LogP contribution >= 0.6 is 11.5 Å². The van der Waals surface area contributed by atoms with Crippen LogP contribution in [0, 0.1) is 6.92 Å². The van der Waals surface area contributed by atoms with Crippen LogP contribution in [-0.2, 0) is 0 Å². The Morgan fingerprint density at radius 2 is 2.40 bits per heavy atom. The van der Waals surface area contributed by atoms with Gasteiger partial charge >= 0.3 is 0 Å². The molecule has 1 rings (SSSR count). The van der Waals surface area contributed by atoms with E-state index in [0.717, 1.165) is 25.1 Å². The first-order valence-corrected chi connectivity index (χ1v) is 6.20. The fraction of sp³-hybridized carbons (Fsp3) is 0.636. The highest BCUT2D eigenvalue weighted by Crippen LogP contribution is 2.24. The molecule has 0 radical (unpaired) electrons. The fourth-order valence-electron chi connectivity index (χ4n) is 1.60. The summed E-state index contributed by atoms with van der Waals surface area (Å²) in [5.74, 6) is 0. The first-order chi connectivity index (χ1) is 7.29. The number of hydrogen-bond donors (Lipinski definition) is 1. The van der Waals surface area contributed by atoms with Crippen molar-refractivity contribution < 1.29 is 0 Å². The number of nitrogens with one attached hydrogen (secondary N) is 1. The Morgan fingerprint density at radius 3 is 2.93 bits per heavy atom. The lowest BCUT2D eigenvalue weighted by molar-refractivity contribution is 0.504. The third-order valence-corrected chi connectivity index (χ3v) is 3.29. The number of rotatable bonds is 7. The smallest absolute Gasteiger partial charge is 0.0772 e. The second kappa shape index (κ2) is 6.69. The molecule has 0 aromatic carbocycles. The molecule has 1 aromatic rings. The Hall–Kier alpha value is -0.740. The molecule has 0 aliphatic rings. The molecule has 84 valence electrons. The number of aryl methyl sites for hydroxylation is 1. The van der Waals surface area contributed by atoms with Gasteiger partial charge in [-0.3, -0.25) is 0 Å². The number of aromatic nitrogens is 2. The minimum Gasteiger partial charge on any atom is -0.309 e. The zero-order chi connectivity index (χ0) is 11.1. The van der Waals surface area contributed by atoms with Crippen LogP contribution in [0.2, 0.25) is 0 Å². The van der Waals surface area contributed by atoms with E-state index in [-0.39, 0.29) is 0 Å². The highest BCUT2D eigenvalue weighted by atomic mass is 32.1. The molecule has 0 bridgehead atoms. The second-order valence-corrected chi connectivity index (χ2v) is 4.34. The van der Waals surface area contributed by atoms with Crippen molar-refractivity contribution >= 4 is 11.5 Å². The summed E-state index contributed by atoms with van der Waals surface area (Å²) in [6, 6.07) is 0.412. The van der Waals surface area contributed by atoms with Gasteiger partial charge in [-0.1, -0.05) is 17.5 Å². The van der Waals surface area contributed by atoms with Gasteiger partial charge in [0.05, 0.1) is 10.6 Å². The van der Waals surface area contributed by atoms with Gasteiger partial charge in [-0.15, -0.1) is 11.7 Å². The summed E-state index contributed by atoms with van der Waals surface area (Å²) in [7, 11) is 0. The minimum atomic E-state index is 0.412. The van der Waals surface area contributed by atoms with Gasteiger partial charge in [-0.25, -0.2) is 0 Å². The summed E-state index contributed by atoms with van der Waals surface area (Å²) in [5, 5.41) is 7.54. The number of nitrogens with zero attached hydrogens (tertiary/aromatic N) is 2. The van der Waals surface area contributed by atoms with Gasteiger partial charge in [0.25, 0.3) is 0 Å². The summed E-state index contributed by atoms with van der Waals surface area (Å²) < 4.78 is 3.98. The predicted octanol–water partition coefficient (Wildman–Crippen LogP) is 2.85. The Kier molecular flexibility index (Phi) is 5.50. The maximum absolute atomic E-state index is 4.06. The van der Waals surface area contributed by atoms with Crippen molar-refractivity contribution in [2.45, 2.75) is 39.2 Å². The van der Waals surface area contributed by atoms with E-state index in [2.05, 4.69) is 28.4 Å². The van der Waals surface area contributed by atoms with Crippen molar-refractivity contribution in [3.8, 4) is 0 Å². The van der Waals surface area contributed by atoms with E-state index in [1.54, 1.807) is 0 Å². The van der Waals surface area contributed by atoms with Gasteiger partial charge in [-0.2, -0.15) is 0 Å². The van der Waals surface area contributed by atoms with Crippen LogP contribution in [0.15, 0.2) is 12.7 Å². The van der Waals surface area contributed by atoms with E-state index < -0.39 is 0 Å². The topological polar surface area (TPSA) is 37.8 Å². The van der Waals surface area contributed by atoms with Gasteiger partial charge in [-0.05, 0) is 44.3 Å².